The van der Waals surface area contributed by atoms with Gasteiger partial charge in [0.2, 0.25) is 0 Å². The van der Waals surface area contributed by atoms with Crippen molar-refractivity contribution in [2.75, 3.05) is 0 Å². The summed E-state index contributed by atoms with van der Waals surface area (Å²) < 4.78 is 0. The van der Waals surface area contributed by atoms with Crippen LogP contribution in [0.1, 0.15) is 65.2 Å². The molecule has 82 valence electrons. The number of nitrogens with one attached hydrogen (secondary N) is 1. The predicted octanol–water partition coefficient (Wildman–Crippen LogP) is 3.49. The molecule has 0 amide bonds. The summed E-state index contributed by atoms with van der Waals surface area (Å²) in [5, 5.41) is 3.83. The highest BCUT2D eigenvalue weighted by Crippen LogP contribution is 2.34. The highest BCUT2D eigenvalue weighted by molar-refractivity contribution is 4.84. The molecule has 2 aliphatic carbocycles. The number of hydrogen-bond donors (Lipinski definition) is 1. The maximum Gasteiger partial charge on any atom is 0.00698 e. The summed E-state index contributed by atoms with van der Waals surface area (Å²) in [5.41, 5.74) is 0.607. The molecule has 0 aromatic rings. The zero-order valence-electron chi connectivity index (χ0n) is 9.81. The summed E-state index contributed by atoms with van der Waals surface area (Å²) in [4.78, 5) is 0. The van der Waals surface area contributed by atoms with E-state index in [-0.39, 0.29) is 0 Å². The van der Waals surface area contributed by atoms with Crippen LogP contribution in [0.2, 0.25) is 0 Å². The molecule has 2 saturated carbocycles. The van der Waals surface area contributed by atoms with Gasteiger partial charge in [0.15, 0.2) is 0 Å². The molecule has 0 aromatic carbocycles. The second-order valence-corrected chi connectivity index (χ2v) is 6.09. The molecule has 14 heavy (non-hydrogen) atoms. The van der Waals surface area contributed by atoms with Crippen molar-refractivity contribution in [2.24, 2.45) is 5.41 Å². The van der Waals surface area contributed by atoms with E-state index in [1.165, 1.54) is 51.4 Å². The third kappa shape index (κ3) is 2.73. The zero-order valence-corrected chi connectivity index (χ0v) is 9.81. The molecule has 2 fully saturated rings. The van der Waals surface area contributed by atoms with E-state index in [1.54, 1.807) is 0 Å². The summed E-state index contributed by atoms with van der Waals surface area (Å²) >= 11 is 0. The van der Waals surface area contributed by atoms with Crippen LogP contribution in [0.25, 0.3) is 0 Å². The van der Waals surface area contributed by atoms with E-state index in [0.717, 1.165) is 12.1 Å². The molecule has 1 unspecified atom stereocenters. The maximum absolute atomic E-state index is 3.83. The quantitative estimate of drug-likeness (QED) is 0.665. The molecule has 0 spiro atoms. The van der Waals surface area contributed by atoms with Crippen molar-refractivity contribution < 1.29 is 0 Å². The Balaban J connectivity index is 1.76. The van der Waals surface area contributed by atoms with Gasteiger partial charge in [-0.2, -0.15) is 0 Å². The first-order valence-electron chi connectivity index (χ1n) is 6.42. The molecule has 0 saturated heterocycles. The van der Waals surface area contributed by atoms with Crippen molar-refractivity contribution in [1.82, 2.24) is 5.32 Å². The van der Waals surface area contributed by atoms with E-state index >= 15 is 0 Å². The van der Waals surface area contributed by atoms with Crippen LogP contribution >= 0.6 is 0 Å². The van der Waals surface area contributed by atoms with Crippen LogP contribution in [0.4, 0.5) is 0 Å². The average molecular weight is 195 g/mol. The van der Waals surface area contributed by atoms with Gasteiger partial charge in [0.25, 0.3) is 0 Å². The Morgan fingerprint density at radius 3 is 2.14 bits per heavy atom. The molecular weight excluding hydrogens is 170 g/mol. The van der Waals surface area contributed by atoms with Gasteiger partial charge in [-0.3, -0.25) is 0 Å². The summed E-state index contributed by atoms with van der Waals surface area (Å²) in [6.45, 7) is 4.86. The summed E-state index contributed by atoms with van der Waals surface area (Å²) in [6, 6.07) is 1.71. The van der Waals surface area contributed by atoms with E-state index in [4.69, 9.17) is 0 Å². The first-order valence-corrected chi connectivity index (χ1v) is 6.42. The lowest BCUT2D eigenvalue weighted by Gasteiger charge is -2.31. The molecule has 1 N–H and O–H groups in total. The second-order valence-electron chi connectivity index (χ2n) is 6.09. The zero-order chi connectivity index (χ0) is 10.0. The molecule has 0 radical (unpaired) electrons. The van der Waals surface area contributed by atoms with Gasteiger partial charge >= 0.3 is 0 Å². The highest BCUT2D eigenvalue weighted by Gasteiger charge is 2.26. The summed E-state index contributed by atoms with van der Waals surface area (Å²) in [6.07, 6.45) is 11.4. The molecule has 2 aliphatic rings. The van der Waals surface area contributed by atoms with Crippen LogP contribution in [0.3, 0.4) is 0 Å². The topological polar surface area (TPSA) is 12.0 Å². The molecule has 1 heteroatoms. The van der Waals surface area contributed by atoms with Gasteiger partial charge in [-0.25, -0.2) is 0 Å². The first kappa shape index (κ1) is 10.5. The predicted molar refractivity (Wildman–Crippen MR) is 61.4 cm³/mol. The van der Waals surface area contributed by atoms with Gasteiger partial charge in [-0.1, -0.05) is 26.7 Å². The van der Waals surface area contributed by atoms with E-state index in [2.05, 4.69) is 19.2 Å². The molecule has 1 nitrogen and oxygen atoms in total. The van der Waals surface area contributed by atoms with Gasteiger partial charge in [-0.05, 0) is 43.9 Å². The van der Waals surface area contributed by atoms with Gasteiger partial charge in [0.1, 0.15) is 0 Å². The molecular formula is C13H25N. The normalized spacial score (nSPS) is 33.4. The van der Waals surface area contributed by atoms with Crippen molar-refractivity contribution in [3.63, 3.8) is 0 Å². The van der Waals surface area contributed by atoms with Crippen molar-refractivity contribution in [3.05, 3.63) is 0 Å². The van der Waals surface area contributed by atoms with Gasteiger partial charge < -0.3 is 5.32 Å². The summed E-state index contributed by atoms with van der Waals surface area (Å²) in [5.74, 6) is 0. The van der Waals surface area contributed by atoms with Crippen molar-refractivity contribution >= 4 is 0 Å². The highest BCUT2D eigenvalue weighted by atomic mass is 15.0. The van der Waals surface area contributed by atoms with Crippen molar-refractivity contribution in [3.8, 4) is 0 Å². The SMILES string of the molecule is CC1(C)CCCC(NC2CCC2)CC1. The fourth-order valence-corrected chi connectivity index (χ4v) is 2.74. The van der Waals surface area contributed by atoms with Crippen LogP contribution in [-0.2, 0) is 0 Å². The smallest absolute Gasteiger partial charge is 0.00698 e. The first-order chi connectivity index (χ1) is 6.66. The minimum absolute atomic E-state index is 0.607. The Bertz CT molecular complexity index is 182. The van der Waals surface area contributed by atoms with E-state index < -0.39 is 0 Å². The number of rotatable bonds is 2. The fourth-order valence-electron chi connectivity index (χ4n) is 2.74. The number of hydrogen-bond acceptors (Lipinski definition) is 1. The second kappa shape index (κ2) is 4.22. The minimum Gasteiger partial charge on any atom is -0.311 e. The average Bonchev–Trinajstić information content (AvgIpc) is 2.20. The standard InChI is InChI=1S/C13H25N/c1-13(2)9-4-7-12(8-10-13)14-11-5-3-6-11/h11-12,14H,3-10H2,1-2H3. The van der Waals surface area contributed by atoms with Crippen molar-refractivity contribution in [1.29, 1.82) is 0 Å². The Labute approximate surface area is 88.7 Å². The molecule has 1 atom stereocenters. The Morgan fingerprint density at radius 2 is 1.50 bits per heavy atom. The van der Waals surface area contributed by atoms with Crippen LogP contribution in [0.15, 0.2) is 0 Å². The lowest BCUT2D eigenvalue weighted by atomic mass is 9.85. The van der Waals surface area contributed by atoms with E-state index in [0.29, 0.717) is 5.41 Å². The third-order valence-electron chi connectivity index (χ3n) is 4.15. The Hall–Kier alpha value is -0.0400. The molecule has 0 bridgehead atoms. The van der Waals surface area contributed by atoms with Crippen LogP contribution in [-0.4, -0.2) is 12.1 Å². The minimum atomic E-state index is 0.607. The lowest BCUT2D eigenvalue weighted by Crippen LogP contribution is -2.42. The Kier molecular flexibility index (Phi) is 3.16. The van der Waals surface area contributed by atoms with Gasteiger partial charge in [0, 0.05) is 12.1 Å². The Morgan fingerprint density at radius 1 is 0.857 bits per heavy atom. The monoisotopic (exact) mass is 195 g/mol. The van der Waals surface area contributed by atoms with E-state index in [9.17, 15) is 0 Å². The lowest BCUT2D eigenvalue weighted by molar-refractivity contribution is 0.277. The molecule has 0 heterocycles. The largest absolute Gasteiger partial charge is 0.311 e. The fraction of sp³-hybridized carbons (Fsp3) is 1.00. The van der Waals surface area contributed by atoms with Crippen molar-refractivity contribution in [2.45, 2.75) is 77.3 Å². The maximum atomic E-state index is 3.83. The van der Waals surface area contributed by atoms with E-state index in [1.807, 2.05) is 0 Å². The molecule has 0 aromatic heterocycles. The van der Waals surface area contributed by atoms with Gasteiger partial charge in [-0.15, -0.1) is 0 Å². The molecule has 2 rings (SSSR count). The third-order valence-corrected chi connectivity index (χ3v) is 4.15. The summed E-state index contributed by atoms with van der Waals surface area (Å²) in [7, 11) is 0. The van der Waals surface area contributed by atoms with Gasteiger partial charge in [0.05, 0.1) is 0 Å². The molecule has 0 aliphatic heterocycles. The van der Waals surface area contributed by atoms with Crippen LogP contribution < -0.4 is 5.32 Å². The van der Waals surface area contributed by atoms with Crippen LogP contribution in [0, 0.1) is 5.41 Å². The van der Waals surface area contributed by atoms with Crippen LogP contribution in [0.5, 0.6) is 0 Å².